The maximum absolute atomic E-state index is 0. The van der Waals surface area contributed by atoms with Gasteiger partial charge in [0.05, 0.1) is 0 Å². The molecule has 0 heterocycles. The molecule has 0 aliphatic rings. The molecule has 0 bridgehead atoms. The van der Waals surface area contributed by atoms with Crippen molar-refractivity contribution in [1.29, 1.82) is 0 Å². The molecule has 0 fully saturated rings. The molecule has 0 atom stereocenters. The van der Waals surface area contributed by atoms with Crippen molar-refractivity contribution >= 4 is 74.4 Å². The van der Waals surface area contributed by atoms with Crippen LogP contribution in [0.4, 0.5) is 0 Å². The summed E-state index contributed by atoms with van der Waals surface area (Å²) in [4.78, 5) is 0. The van der Waals surface area contributed by atoms with Gasteiger partial charge in [0, 0.05) is 6.15 Å². The molecule has 0 unspecified atom stereocenters. The van der Waals surface area contributed by atoms with Crippen molar-refractivity contribution < 1.29 is 6.15 Å². The molecule has 0 aromatic carbocycles. The van der Waals surface area contributed by atoms with Crippen molar-refractivity contribution in [1.82, 2.24) is 0 Å². The Morgan fingerprint density at radius 2 is 0.286 bits per heavy atom. The molecule has 50 valence electrons. The van der Waals surface area contributed by atoms with Crippen LogP contribution in [-0.4, -0.2) is 0 Å². The molecule has 0 aromatic heterocycles. The summed E-state index contributed by atoms with van der Waals surface area (Å²) in [6, 6.07) is 0. The van der Waals surface area contributed by atoms with E-state index >= 15 is 0 Å². The van der Waals surface area contributed by atoms with Gasteiger partial charge in [-0.05, 0) is 0 Å². The second-order valence-electron chi connectivity index (χ2n) is 0. The molecule has 0 nitrogen and oxygen atoms in total. The maximum Gasteiger partial charge on any atom is 0 e. The van der Waals surface area contributed by atoms with Crippen LogP contribution in [0.2, 0.25) is 0 Å². The standard InChI is InChI=1S/6ClH.He/h6*1H;. The molecule has 0 aromatic rings. The van der Waals surface area contributed by atoms with Crippen LogP contribution < -0.4 is 0 Å². The first-order valence-electron chi connectivity index (χ1n) is 0. The Bertz CT molecular complexity index is 4.14. The summed E-state index contributed by atoms with van der Waals surface area (Å²) in [7, 11) is 0. The molecular formula is H6Cl6He. The average molecular weight is 223 g/mol. The predicted octanol–water partition coefficient (Wildman–Crippen LogP) is 2.53. The second kappa shape index (κ2) is 124. The van der Waals surface area contributed by atoms with Gasteiger partial charge in [-0.2, -0.15) is 0 Å². The van der Waals surface area contributed by atoms with E-state index in [1.807, 2.05) is 0 Å². The Balaban J connectivity index is 0. The maximum atomic E-state index is 0. The second-order valence-corrected chi connectivity index (χ2v) is 0. The summed E-state index contributed by atoms with van der Waals surface area (Å²) in [6.07, 6.45) is 0. The van der Waals surface area contributed by atoms with E-state index < -0.39 is 0 Å². The molecule has 0 saturated heterocycles. The van der Waals surface area contributed by atoms with Crippen LogP contribution in [0, 0.1) is 6.15 Å². The van der Waals surface area contributed by atoms with Crippen LogP contribution >= 0.6 is 74.4 Å². The fourth-order valence-corrected chi connectivity index (χ4v) is 0. The van der Waals surface area contributed by atoms with Gasteiger partial charge in [-0.3, -0.25) is 0 Å². The zero-order valence-corrected chi connectivity index (χ0v) is 8.06. The Kier molecular flexibility index (Phi) is 3310. The third-order valence-electron chi connectivity index (χ3n) is 0. The van der Waals surface area contributed by atoms with Gasteiger partial charge in [-0.15, -0.1) is 74.4 Å². The Hall–Kier alpha value is 1.65. The normalized spacial score (nSPS) is 0. The third kappa shape index (κ3) is 89.8. The van der Waals surface area contributed by atoms with Gasteiger partial charge in [0.25, 0.3) is 0 Å². The van der Waals surface area contributed by atoms with E-state index in [2.05, 4.69) is 0 Å². The monoisotopic (exact) mass is 220 g/mol. The summed E-state index contributed by atoms with van der Waals surface area (Å²) in [5.74, 6) is 0. The summed E-state index contributed by atoms with van der Waals surface area (Å²) in [5.41, 5.74) is 0. The van der Waals surface area contributed by atoms with Gasteiger partial charge in [0.1, 0.15) is 0 Å². The Morgan fingerprint density at radius 1 is 0.286 bits per heavy atom. The van der Waals surface area contributed by atoms with Crippen molar-refractivity contribution in [3.63, 3.8) is 0 Å². The Morgan fingerprint density at radius 3 is 0.286 bits per heavy atom. The smallest absolute Gasteiger partial charge is 0 e. The van der Waals surface area contributed by atoms with Crippen LogP contribution in [0.3, 0.4) is 0 Å². The molecule has 7 heavy (non-hydrogen) atoms. The first-order chi connectivity index (χ1) is 0. The molecule has 7 heteroatoms. The van der Waals surface area contributed by atoms with Crippen LogP contribution in [0.25, 0.3) is 0 Å². The number of rotatable bonds is 0. The van der Waals surface area contributed by atoms with Gasteiger partial charge in [-0.1, -0.05) is 0 Å². The zero-order valence-electron chi connectivity index (χ0n) is 3.16. The van der Waals surface area contributed by atoms with E-state index in [1.165, 1.54) is 0 Å². The Labute approximate surface area is 80.4 Å². The van der Waals surface area contributed by atoms with E-state index in [0.29, 0.717) is 0 Å². The molecule has 0 spiro atoms. The number of hydrogen-bond donors (Lipinski definition) is 0. The van der Waals surface area contributed by atoms with Crippen LogP contribution in [0.15, 0.2) is 0 Å². The number of hydrogen-bond acceptors (Lipinski definition) is 0. The summed E-state index contributed by atoms with van der Waals surface area (Å²) in [6.45, 7) is 0. The largest absolute Gasteiger partial charge is 0.147 e. The molecule has 0 radical (unpaired) electrons. The van der Waals surface area contributed by atoms with Gasteiger partial charge in [-0.25, -0.2) is 0 Å². The van der Waals surface area contributed by atoms with Crippen molar-refractivity contribution in [3.8, 4) is 0 Å². The van der Waals surface area contributed by atoms with Crippen LogP contribution in [0.5, 0.6) is 0 Å². The molecule has 0 N–H and O–H groups in total. The van der Waals surface area contributed by atoms with Gasteiger partial charge < -0.3 is 0 Å². The van der Waals surface area contributed by atoms with E-state index in [0.717, 1.165) is 0 Å². The quantitative estimate of drug-likeness (QED) is 0.591. The van der Waals surface area contributed by atoms with E-state index in [1.54, 1.807) is 0 Å². The van der Waals surface area contributed by atoms with Crippen molar-refractivity contribution in [3.05, 3.63) is 0 Å². The van der Waals surface area contributed by atoms with Gasteiger partial charge in [0.2, 0.25) is 0 Å². The van der Waals surface area contributed by atoms with Crippen LogP contribution in [0.1, 0.15) is 0 Å². The number of halogens is 6. The summed E-state index contributed by atoms with van der Waals surface area (Å²) in [5, 5.41) is 0. The first-order valence-corrected chi connectivity index (χ1v) is 0. The van der Waals surface area contributed by atoms with Crippen molar-refractivity contribution in [2.24, 2.45) is 0 Å². The molecule has 0 aliphatic heterocycles. The summed E-state index contributed by atoms with van der Waals surface area (Å²) >= 11 is 0. The molecule has 0 aliphatic carbocycles. The first kappa shape index (κ1) is 186. The van der Waals surface area contributed by atoms with E-state index in [4.69, 9.17) is 0 Å². The molecule has 0 saturated carbocycles. The summed E-state index contributed by atoms with van der Waals surface area (Å²) < 4.78 is 0. The third-order valence-corrected chi connectivity index (χ3v) is 0. The van der Waals surface area contributed by atoms with Gasteiger partial charge >= 0.3 is 0 Å². The molecule has 0 rings (SSSR count). The topological polar surface area (TPSA) is 0 Å². The van der Waals surface area contributed by atoms with Crippen molar-refractivity contribution in [2.75, 3.05) is 0 Å². The van der Waals surface area contributed by atoms with Crippen LogP contribution in [-0.2, 0) is 0 Å². The average Bonchev–Trinajstić information content (AvgIpc) is 0. The minimum absolute atomic E-state index is 0. The fourth-order valence-electron chi connectivity index (χ4n) is 0. The predicted molar refractivity (Wildman–Crippen MR) is 43.5 cm³/mol. The fraction of sp³-hybridized carbons (Fsp3) is 0. The van der Waals surface area contributed by atoms with E-state index in [9.17, 15) is 0 Å². The molecule has 0 amide bonds. The minimum Gasteiger partial charge on any atom is -0.147 e. The minimum atomic E-state index is 0. The van der Waals surface area contributed by atoms with Crippen molar-refractivity contribution in [2.45, 2.75) is 0 Å². The molecular weight excluding hydrogens is 217 g/mol. The van der Waals surface area contributed by atoms with Gasteiger partial charge in [0.15, 0.2) is 0 Å². The zero-order chi connectivity index (χ0) is 0. The van der Waals surface area contributed by atoms with E-state index in [-0.39, 0.29) is 80.6 Å². The SMILES string of the molecule is Cl.Cl.Cl.Cl.Cl.Cl.[He].